The molecular weight excluding hydrogens is 391 g/mol. The monoisotopic (exact) mass is 409 g/mol. The summed E-state index contributed by atoms with van der Waals surface area (Å²) in [5.41, 5.74) is 2.54. The van der Waals surface area contributed by atoms with Gasteiger partial charge in [-0.1, -0.05) is 23.7 Å². The largest absolute Gasteiger partial charge is 0.573 e. The second kappa shape index (κ2) is 9.12. The lowest BCUT2D eigenvalue weighted by molar-refractivity contribution is -0.274. The van der Waals surface area contributed by atoms with Crippen molar-refractivity contribution in [2.24, 2.45) is 0 Å². The number of fused-ring (bicyclic) bond motifs is 1. The topological polar surface area (TPSA) is 46.2 Å². The van der Waals surface area contributed by atoms with Crippen LogP contribution < -0.4 is 15.4 Å². The first-order chi connectivity index (χ1) is 13.4. The fourth-order valence-corrected chi connectivity index (χ4v) is 2.96. The van der Waals surface area contributed by atoms with Gasteiger partial charge in [0.2, 0.25) is 0 Å². The molecule has 1 heterocycles. The molecule has 4 nitrogen and oxygen atoms in total. The van der Waals surface area contributed by atoms with Gasteiger partial charge in [-0.05, 0) is 54.9 Å². The molecule has 28 heavy (non-hydrogen) atoms. The zero-order chi connectivity index (χ0) is 20.0. The number of aromatic nitrogens is 1. The lowest BCUT2D eigenvalue weighted by atomic mass is 10.2. The summed E-state index contributed by atoms with van der Waals surface area (Å²) < 4.78 is 40.7. The van der Waals surface area contributed by atoms with Gasteiger partial charge in [0.25, 0.3) is 0 Å². The number of pyridine rings is 1. The summed E-state index contributed by atoms with van der Waals surface area (Å²) in [5.74, 6) is -0.210. The molecule has 0 radical (unpaired) electrons. The number of alkyl halides is 3. The van der Waals surface area contributed by atoms with Gasteiger partial charge in [-0.3, -0.25) is 4.98 Å². The van der Waals surface area contributed by atoms with Crippen molar-refractivity contribution >= 4 is 28.2 Å². The minimum Gasteiger partial charge on any atom is -0.406 e. The molecule has 2 N–H and O–H groups in total. The number of benzene rings is 2. The van der Waals surface area contributed by atoms with Gasteiger partial charge < -0.3 is 15.4 Å². The standard InChI is InChI=1S/C20H19ClF3N3O/c21-15-5-6-17-18(7-10-27-19(17)12-15)26-9-2-8-25-13-14-3-1-4-16(11-14)28-20(22,23)24/h1,3-7,10-12,25H,2,8-9,13H2,(H,26,27). The molecule has 0 aliphatic heterocycles. The van der Waals surface area contributed by atoms with Crippen LogP contribution >= 0.6 is 11.6 Å². The number of nitrogens with zero attached hydrogens (tertiary/aromatic N) is 1. The maximum Gasteiger partial charge on any atom is 0.573 e. The number of hydrogen-bond donors (Lipinski definition) is 2. The summed E-state index contributed by atoms with van der Waals surface area (Å²) in [4.78, 5) is 4.31. The Kier molecular flexibility index (Phi) is 6.59. The van der Waals surface area contributed by atoms with Gasteiger partial charge in [0.15, 0.2) is 0 Å². The van der Waals surface area contributed by atoms with Crippen LogP contribution in [0.15, 0.2) is 54.7 Å². The fraction of sp³-hybridized carbons (Fsp3) is 0.250. The maximum atomic E-state index is 12.3. The van der Waals surface area contributed by atoms with Crippen LogP contribution in [0.5, 0.6) is 5.75 Å². The van der Waals surface area contributed by atoms with E-state index in [4.69, 9.17) is 11.6 Å². The predicted molar refractivity (Wildman–Crippen MR) is 105 cm³/mol. The number of hydrogen-bond acceptors (Lipinski definition) is 4. The molecule has 0 fully saturated rings. The molecular formula is C20H19ClF3N3O. The van der Waals surface area contributed by atoms with Crippen molar-refractivity contribution in [3.8, 4) is 5.75 Å². The van der Waals surface area contributed by atoms with Crippen LogP contribution in [0.1, 0.15) is 12.0 Å². The van der Waals surface area contributed by atoms with Gasteiger partial charge >= 0.3 is 6.36 Å². The summed E-state index contributed by atoms with van der Waals surface area (Å²) in [6.07, 6.45) is -2.11. The average molecular weight is 410 g/mol. The van der Waals surface area contributed by atoms with E-state index in [1.807, 2.05) is 24.3 Å². The van der Waals surface area contributed by atoms with Gasteiger partial charge in [-0.15, -0.1) is 13.2 Å². The maximum absolute atomic E-state index is 12.3. The van der Waals surface area contributed by atoms with Crippen molar-refractivity contribution in [1.29, 1.82) is 0 Å². The van der Waals surface area contributed by atoms with Crippen molar-refractivity contribution in [1.82, 2.24) is 10.3 Å². The van der Waals surface area contributed by atoms with E-state index >= 15 is 0 Å². The molecule has 0 aliphatic carbocycles. The van der Waals surface area contributed by atoms with Crippen molar-refractivity contribution in [2.45, 2.75) is 19.3 Å². The van der Waals surface area contributed by atoms with Gasteiger partial charge in [-0.25, -0.2) is 0 Å². The lowest BCUT2D eigenvalue weighted by Crippen LogP contribution is -2.19. The first-order valence-corrected chi connectivity index (χ1v) is 9.12. The van der Waals surface area contributed by atoms with Gasteiger partial charge in [-0.2, -0.15) is 0 Å². The van der Waals surface area contributed by atoms with E-state index in [1.165, 1.54) is 12.1 Å². The number of nitrogens with one attached hydrogen (secondary N) is 2. The Hall–Kier alpha value is -2.51. The first kappa shape index (κ1) is 20.2. The SMILES string of the molecule is FC(F)(F)Oc1cccc(CNCCCNc2ccnc3cc(Cl)ccc23)c1. The van der Waals surface area contributed by atoms with E-state index in [1.54, 1.807) is 18.3 Å². The molecule has 0 spiro atoms. The van der Waals surface area contributed by atoms with Crippen molar-refractivity contribution in [3.63, 3.8) is 0 Å². The van der Waals surface area contributed by atoms with Crippen LogP contribution in [0.3, 0.4) is 0 Å². The minimum absolute atomic E-state index is 0.210. The van der Waals surface area contributed by atoms with E-state index in [0.717, 1.165) is 35.1 Å². The highest BCUT2D eigenvalue weighted by Gasteiger charge is 2.31. The molecule has 0 unspecified atom stereocenters. The summed E-state index contributed by atoms with van der Waals surface area (Å²) in [7, 11) is 0. The molecule has 0 amide bonds. The Morgan fingerprint density at radius 1 is 1.04 bits per heavy atom. The predicted octanol–water partition coefficient (Wildman–Crippen LogP) is 5.38. The quantitative estimate of drug-likeness (QED) is 0.490. The highest BCUT2D eigenvalue weighted by Crippen LogP contribution is 2.24. The normalized spacial score (nSPS) is 11.6. The van der Waals surface area contributed by atoms with Crippen LogP contribution in [-0.2, 0) is 6.54 Å². The highest BCUT2D eigenvalue weighted by atomic mass is 35.5. The Labute approximate surface area is 165 Å². The van der Waals surface area contributed by atoms with E-state index in [0.29, 0.717) is 18.1 Å². The molecule has 0 bridgehead atoms. The third-order valence-electron chi connectivity index (χ3n) is 4.01. The van der Waals surface area contributed by atoms with Crippen molar-refractivity contribution in [2.75, 3.05) is 18.4 Å². The summed E-state index contributed by atoms with van der Waals surface area (Å²) >= 11 is 5.99. The van der Waals surface area contributed by atoms with Crippen LogP contribution in [0, 0.1) is 0 Å². The summed E-state index contributed by atoms with van der Waals surface area (Å²) in [5, 5.41) is 8.23. The lowest BCUT2D eigenvalue weighted by Gasteiger charge is -2.11. The molecule has 0 atom stereocenters. The Morgan fingerprint density at radius 2 is 1.89 bits per heavy atom. The van der Waals surface area contributed by atoms with Gasteiger partial charge in [0, 0.05) is 35.4 Å². The van der Waals surface area contributed by atoms with E-state index < -0.39 is 6.36 Å². The highest BCUT2D eigenvalue weighted by molar-refractivity contribution is 6.31. The molecule has 1 aromatic heterocycles. The molecule has 3 aromatic rings. The summed E-state index contributed by atoms with van der Waals surface area (Å²) in [6, 6.07) is 13.5. The third-order valence-corrected chi connectivity index (χ3v) is 4.25. The molecule has 0 saturated heterocycles. The van der Waals surface area contributed by atoms with Crippen LogP contribution in [0.25, 0.3) is 10.9 Å². The molecule has 2 aromatic carbocycles. The Morgan fingerprint density at radius 3 is 2.71 bits per heavy atom. The average Bonchev–Trinajstić information content (AvgIpc) is 2.63. The summed E-state index contributed by atoms with van der Waals surface area (Å²) in [6.45, 7) is 1.92. The molecule has 0 saturated carbocycles. The number of ether oxygens (including phenoxy) is 1. The fourth-order valence-electron chi connectivity index (χ4n) is 2.80. The Bertz CT molecular complexity index is 934. The first-order valence-electron chi connectivity index (χ1n) is 8.74. The van der Waals surface area contributed by atoms with E-state index in [9.17, 15) is 13.2 Å². The Balaban J connectivity index is 1.43. The van der Waals surface area contributed by atoms with Crippen molar-refractivity contribution in [3.05, 3.63) is 65.3 Å². The zero-order valence-electron chi connectivity index (χ0n) is 14.9. The van der Waals surface area contributed by atoms with E-state index in [-0.39, 0.29) is 5.75 Å². The van der Waals surface area contributed by atoms with Gasteiger partial charge in [0.1, 0.15) is 5.75 Å². The molecule has 3 rings (SSSR count). The van der Waals surface area contributed by atoms with Crippen LogP contribution in [0.4, 0.5) is 18.9 Å². The number of halogens is 4. The second-order valence-corrected chi connectivity index (χ2v) is 6.61. The minimum atomic E-state index is -4.68. The smallest absolute Gasteiger partial charge is 0.406 e. The van der Waals surface area contributed by atoms with Crippen LogP contribution in [-0.4, -0.2) is 24.4 Å². The van der Waals surface area contributed by atoms with Crippen molar-refractivity contribution < 1.29 is 17.9 Å². The van der Waals surface area contributed by atoms with Gasteiger partial charge in [0.05, 0.1) is 5.52 Å². The molecule has 8 heteroatoms. The van der Waals surface area contributed by atoms with Crippen LogP contribution in [0.2, 0.25) is 5.02 Å². The zero-order valence-corrected chi connectivity index (χ0v) is 15.6. The third kappa shape index (κ3) is 6.00. The number of rotatable bonds is 8. The van der Waals surface area contributed by atoms with E-state index in [2.05, 4.69) is 20.4 Å². The second-order valence-electron chi connectivity index (χ2n) is 6.17. The molecule has 148 valence electrons. The number of anilines is 1. The molecule has 0 aliphatic rings.